The first-order valence-corrected chi connectivity index (χ1v) is 7.37. The van der Waals surface area contributed by atoms with Crippen LogP contribution in [0.25, 0.3) is 11.0 Å². The fraction of sp³-hybridized carbons (Fsp3) is 0.250. The summed E-state index contributed by atoms with van der Waals surface area (Å²) in [4.78, 5) is 22.7. The van der Waals surface area contributed by atoms with E-state index in [-0.39, 0.29) is 23.5 Å². The van der Waals surface area contributed by atoms with Crippen LogP contribution in [0.3, 0.4) is 0 Å². The largest absolute Gasteiger partial charge is 0.354 e. The molecule has 0 unspecified atom stereocenters. The molecule has 0 saturated carbocycles. The number of aromatic nitrogens is 3. The summed E-state index contributed by atoms with van der Waals surface area (Å²) in [5, 5.41) is 14.3. The highest BCUT2D eigenvalue weighted by Gasteiger charge is 2.24. The maximum Gasteiger partial charge on any atom is 0.311 e. The van der Waals surface area contributed by atoms with E-state index in [1.807, 2.05) is 38.1 Å². The molecule has 3 rings (SSSR count). The normalized spacial score (nSPS) is 12.5. The Hall–Kier alpha value is -2.96. The van der Waals surface area contributed by atoms with Gasteiger partial charge in [0.05, 0.1) is 22.0 Å². The maximum atomic E-state index is 11.2. The van der Waals surface area contributed by atoms with Crippen molar-refractivity contribution in [3.05, 3.63) is 58.5 Å². The molecule has 7 heteroatoms. The van der Waals surface area contributed by atoms with E-state index in [0.717, 1.165) is 16.9 Å². The summed E-state index contributed by atoms with van der Waals surface area (Å²) in [6.07, 6.45) is 1.53. The number of aromatic amines is 1. The van der Waals surface area contributed by atoms with Gasteiger partial charge in [0.1, 0.15) is 5.82 Å². The molecule has 0 spiro atoms. The van der Waals surface area contributed by atoms with Crippen LogP contribution in [0.15, 0.2) is 42.6 Å². The van der Waals surface area contributed by atoms with Gasteiger partial charge < -0.3 is 10.3 Å². The molecule has 0 bridgehead atoms. The van der Waals surface area contributed by atoms with Gasteiger partial charge in [0.2, 0.25) is 5.82 Å². The van der Waals surface area contributed by atoms with Crippen LogP contribution in [-0.2, 0) is 0 Å². The van der Waals surface area contributed by atoms with Crippen LogP contribution < -0.4 is 5.32 Å². The van der Waals surface area contributed by atoms with Crippen LogP contribution in [-0.4, -0.2) is 19.9 Å². The van der Waals surface area contributed by atoms with Gasteiger partial charge in [-0.15, -0.1) is 0 Å². The highest BCUT2D eigenvalue weighted by atomic mass is 16.6. The van der Waals surface area contributed by atoms with Gasteiger partial charge in [-0.1, -0.05) is 26.0 Å². The molecule has 0 aliphatic carbocycles. The van der Waals surface area contributed by atoms with Crippen molar-refractivity contribution in [1.82, 2.24) is 15.0 Å². The number of benzene rings is 1. The zero-order valence-electron chi connectivity index (χ0n) is 12.9. The third kappa shape index (κ3) is 2.98. The number of pyridine rings is 1. The molecule has 118 valence electrons. The summed E-state index contributed by atoms with van der Waals surface area (Å²) in [5.41, 5.74) is 1.75. The Morgan fingerprint density at radius 1 is 1.22 bits per heavy atom. The third-order valence-corrected chi connectivity index (χ3v) is 3.64. The second kappa shape index (κ2) is 6.04. The number of para-hydroxylation sites is 2. The molecular formula is C16H17N5O2. The first-order valence-electron chi connectivity index (χ1n) is 7.37. The van der Waals surface area contributed by atoms with Crippen LogP contribution in [0.2, 0.25) is 0 Å². The van der Waals surface area contributed by atoms with E-state index in [1.54, 1.807) is 6.07 Å². The highest BCUT2D eigenvalue weighted by Crippen LogP contribution is 2.29. The predicted octanol–water partition coefficient (Wildman–Crippen LogP) is 3.68. The molecule has 0 amide bonds. The number of hydrogen-bond acceptors (Lipinski definition) is 5. The number of fused-ring (bicyclic) bond motifs is 1. The molecule has 0 aliphatic heterocycles. The lowest BCUT2D eigenvalue weighted by Crippen LogP contribution is -2.19. The van der Waals surface area contributed by atoms with Crippen molar-refractivity contribution in [3.63, 3.8) is 0 Å². The lowest BCUT2D eigenvalue weighted by Gasteiger charge is -2.20. The number of hydrogen-bond donors (Lipinski definition) is 2. The fourth-order valence-electron chi connectivity index (χ4n) is 2.47. The molecule has 3 aromatic rings. The van der Waals surface area contributed by atoms with Crippen molar-refractivity contribution in [2.75, 3.05) is 5.32 Å². The van der Waals surface area contributed by atoms with E-state index in [1.165, 1.54) is 12.3 Å². The van der Waals surface area contributed by atoms with Gasteiger partial charge in [0.25, 0.3) is 0 Å². The summed E-state index contributed by atoms with van der Waals surface area (Å²) in [7, 11) is 0. The number of anilines is 1. The molecule has 0 saturated heterocycles. The monoisotopic (exact) mass is 311 g/mol. The number of H-pyrrole nitrogens is 1. The fourth-order valence-corrected chi connectivity index (χ4v) is 2.47. The van der Waals surface area contributed by atoms with Crippen molar-refractivity contribution >= 4 is 22.5 Å². The Labute approximate surface area is 132 Å². The van der Waals surface area contributed by atoms with Gasteiger partial charge >= 0.3 is 5.69 Å². The standard InChI is InChI=1S/C16H17N5O2/c1-10(2)14(16-18-11-6-3-4-7-12(11)19-16)20-15-13(21(22)23)8-5-9-17-15/h3-10,14H,1-2H3,(H,17,20)(H,18,19)/t14-/m1/s1. The zero-order valence-corrected chi connectivity index (χ0v) is 12.9. The van der Waals surface area contributed by atoms with Crippen LogP contribution in [0.1, 0.15) is 25.7 Å². The van der Waals surface area contributed by atoms with E-state index < -0.39 is 4.92 Å². The van der Waals surface area contributed by atoms with E-state index in [0.29, 0.717) is 0 Å². The second-order valence-corrected chi connectivity index (χ2v) is 5.63. The van der Waals surface area contributed by atoms with Crippen molar-refractivity contribution in [2.45, 2.75) is 19.9 Å². The first-order chi connectivity index (χ1) is 11.1. The number of nitrogens with one attached hydrogen (secondary N) is 2. The number of imidazole rings is 1. The van der Waals surface area contributed by atoms with Crippen molar-refractivity contribution < 1.29 is 4.92 Å². The van der Waals surface area contributed by atoms with E-state index in [9.17, 15) is 10.1 Å². The minimum Gasteiger partial charge on any atom is -0.354 e. The summed E-state index contributed by atoms with van der Waals surface area (Å²) >= 11 is 0. The van der Waals surface area contributed by atoms with Gasteiger partial charge in [0, 0.05) is 12.3 Å². The van der Waals surface area contributed by atoms with E-state index >= 15 is 0 Å². The number of rotatable bonds is 5. The Balaban J connectivity index is 1.98. The van der Waals surface area contributed by atoms with Crippen LogP contribution >= 0.6 is 0 Å². The number of nitro groups is 1. The van der Waals surface area contributed by atoms with Crippen molar-refractivity contribution in [3.8, 4) is 0 Å². The Morgan fingerprint density at radius 3 is 2.70 bits per heavy atom. The topological polar surface area (TPSA) is 96.7 Å². The van der Waals surface area contributed by atoms with Crippen LogP contribution in [0.5, 0.6) is 0 Å². The maximum absolute atomic E-state index is 11.2. The summed E-state index contributed by atoms with van der Waals surface area (Å²) in [6, 6.07) is 10.5. The van der Waals surface area contributed by atoms with Crippen LogP contribution in [0, 0.1) is 16.0 Å². The smallest absolute Gasteiger partial charge is 0.311 e. The first kappa shape index (κ1) is 15.0. The average molecular weight is 311 g/mol. The van der Waals surface area contributed by atoms with Crippen molar-refractivity contribution in [2.24, 2.45) is 5.92 Å². The minimum atomic E-state index is -0.439. The zero-order chi connectivity index (χ0) is 16.4. The summed E-state index contributed by atoms with van der Waals surface area (Å²) in [5.74, 6) is 1.15. The molecule has 0 fully saturated rings. The molecule has 2 N–H and O–H groups in total. The Bertz CT molecular complexity index is 810. The molecule has 2 aromatic heterocycles. The van der Waals surface area contributed by atoms with Gasteiger partial charge in [-0.25, -0.2) is 9.97 Å². The summed E-state index contributed by atoms with van der Waals surface area (Å²) in [6.45, 7) is 4.05. The molecule has 1 aromatic carbocycles. The quantitative estimate of drug-likeness (QED) is 0.553. The molecule has 2 heterocycles. The Morgan fingerprint density at radius 2 is 2.00 bits per heavy atom. The third-order valence-electron chi connectivity index (χ3n) is 3.64. The van der Waals surface area contributed by atoms with Gasteiger partial charge in [-0.3, -0.25) is 10.1 Å². The second-order valence-electron chi connectivity index (χ2n) is 5.63. The van der Waals surface area contributed by atoms with E-state index in [4.69, 9.17) is 0 Å². The van der Waals surface area contributed by atoms with E-state index in [2.05, 4.69) is 20.3 Å². The minimum absolute atomic E-state index is 0.0470. The van der Waals surface area contributed by atoms with Crippen LogP contribution in [0.4, 0.5) is 11.5 Å². The van der Waals surface area contributed by atoms with Gasteiger partial charge in [-0.05, 0) is 24.1 Å². The lowest BCUT2D eigenvalue weighted by molar-refractivity contribution is -0.384. The lowest BCUT2D eigenvalue weighted by atomic mass is 10.0. The van der Waals surface area contributed by atoms with Gasteiger partial charge in [0.15, 0.2) is 0 Å². The SMILES string of the molecule is CC(C)[C@@H](Nc1ncccc1[N+](=O)[O-])c1nc2ccccc2[nH]1. The van der Waals surface area contributed by atoms with Gasteiger partial charge in [-0.2, -0.15) is 0 Å². The molecule has 1 atom stereocenters. The molecular weight excluding hydrogens is 294 g/mol. The average Bonchev–Trinajstić information content (AvgIpc) is 2.96. The molecule has 0 radical (unpaired) electrons. The summed E-state index contributed by atoms with van der Waals surface area (Å²) < 4.78 is 0. The highest BCUT2D eigenvalue weighted by molar-refractivity contribution is 5.75. The Kier molecular flexibility index (Phi) is 3.92. The molecule has 0 aliphatic rings. The number of nitrogens with zero attached hydrogens (tertiary/aromatic N) is 3. The molecule has 7 nitrogen and oxygen atoms in total. The molecule has 23 heavy (non-hydrogen) atoms. The predicted molar refractivity (Wildman–Crippen MR) is 88.2 cm³/mol. The van der Waals surface area contributed by atoms with Crippen molar-refractivity contribution in [1.29, 1.82) is 0 Å².